The van der Waals surface area contributed by atoms with Crippen molar-refractivity contribution in [1.29, 1.82) is 0 Å². The molecule has 1 saturated heterocycles. The second-order valence-electron chi connectivity index (χ2n) is 6.90. The number of carbonyl (C=O) groups excluding carboxylic acids is 3. The number of hydrogen-bond acceptors (Lipinski definition) is 5. The predicted octanol–water partition coefficient (Wildman–Crippen LogP) is 4.68. The van der Waals surface area contributed by atoms with Crippen LogP contribution in [-0.2, 0) is 14.3 Å². The molecule has 152 valence electrons. The zero-order valence-corrected chi connectivity index (χ0v) is 19.2. The van der Waals surface area contributed by atoms with Crippen LogP contribution >= 0.6 is 27.7 Å². The highest BCUT2D eigenvalue weighted by Crippen LogP contribution is 2.34. The highest BCUT2D eigenvalue weighted by atomic mass is 79.9. The molecule has 0 spiro atoms. The van der Waals surface area contributed by atoms with Crippen LogP contribution in [0.25, 0.3) is 11.8 Å². The summed E-state index contributed by atoms with van der Waals surface area (Å²) in [6.07, 6.45) is 1.71. The van der Waals surface area contributed by atoms with Crippen LogP contribution < -0.4 is 0 Å². The third kappa shape index (κ3) is 4.04. The molecule has 1 aliphatic heterocycles. The largest absolute Gasteiger partial charge is 0.468 e. The number of imide groups is 1. The van der Waals surface area contributed by atoms with Gasteiger partial charge in [0.05, 0.1) is 12.0 Å². The van der Waals surface area contributed by atoms with Crippen LogP contribution in [0.4, 0.5) is 4.79 Å². The molecular formula is C21H21BrN2O4S. The first-order valence-electron chi connectivity index (χ1n) is 8.92. The summed E-state index contributed by atoms with van der Waals surface area (Å²) in [5.74, 6) is -1.11. The fourth-order valence-corrected chi connectivity index (χ4v) is 4.41. The second-order valence-corrected chi connectivity index (χ2v) is 8.69. The van der Waals surface area contributed by atoms with Gasteiger partial charge >= 0.3 is 5.97 Å². The normalized spacial score (nSPS) is 15.5. The van der Waals surface area contributed by atoms with Crippen molar-refractivity contribution in [2.75, 3.05) is 13.7 Å². The van der Waals surface area contributed by atoms with Gasteiger partial charge in [0.2, 0.25) is 0 Å². The molecule has 1 aromatic carbocycles. The number of amides is 2. The minimum absolute atomic E-state index is 0.294. The first-order valence-corrected chi connectivity index (χ1v) is 10.5. The van der Waals surface area contributed by atoms with E-state index >= 15 is 0 Å². The van der Waals surface area contributed by atoms with E-state index < -0.39 is 17.1 Å². The lowest BCUT2D eigenvalue weighted by Gasteiger charge is -2.13. The van der Waals surface area contributed by atoms with Crippen molar-refractivity contribution in [2.24, 2.45) is 0 Å². The van der Waals surface area contributed by atoms with E-state index in [9.17, 15) is 14.4 Å². The first kappa shape index (κ1) is 21.4. The number of benzene rings is 1. The average molecular weight is 477 g/mol. The second kappa shape index (κ2) is 8.20. The molecule has 1 aliphatic rings. The molecule has 0 atom stereocenters. The summed E-state index contributed by atoms with van der Waals surface area (Å²) in [5, 5.41) is -0.473. The van der Waals surface area contributed by atoms with Crippen molar-refractivity contribution in [3.8, 4) is 5.69 Å². The molecule has 2 aromatic rings. The smallest absolute Gasteiger partial charge is 0.325 e. The number of methoxy groups -OCH3 is 1. The van der Waals surface area contributed by atoms with Gasteiger partial charge in [-0.05, 0) is 80.4 Å². The summed E-state index contributed by atoms with van der Waals surface area (Å²) in [6, 6.07) is 6.19. The van der Waals surface area contributed by atoms with Gasteiger partial charge in [0.1, 0.15) is 6.54 Å². The third-order valence-electron chi connectivity index (χ3n) is 4.82. The molecule has 0 N–H and O–H groups in total. The van der Waals surface area contributed by atoms with Crippen molar-refractivity contribution >= 4 is 50.9 Å². The van der Waals surface area contributed by atoms with Crippen molar-refractivity contribution in [3.05, 3.63) is 55.7 Å². The minimum Gasteiger partial charge on any atom is -0.468 e. The zero-order chi connectivity index (χ0) is 21.5. The van der Waals surface area contributed by atoms with Crippen LogP contribution in [0.2, 0.25) is 0 Å². The summed E-state index contributed by atoms with van der Waals surface area (Å²) < 4.78 is 7.76. The average Bonchev–Trinajstić information content (AvgIpc) is 3.09. The Balaban J connectivity index is 1.98. The number of hydrogen-bond donors (Lipinski definition) is 0. The van der Waals surface area contributed by atoms with E-state index in [1.807, 2.05) is 33.8 Å². The van der Waals surface area contributed by atoms with Crippen LogP contribution in [0.3, 0.4) is 0 Å². The van der Waals surface area contributed by atoms with E-state index in [1.54, 1.807) is 6.08 Å². The summed E-state index contributed by atoms with van der Waals surface area (Å²) in [6.45, 7) is 7.69. The van der Waals surface area contributed by atoms with Crippen LogP contribution in [0.1, 0.15) is 28.1 Å². The Labute approximate surface area is 182 Å². The molecule has 8 heteroatoms. The van der Waals surface area contributed by atoms with E-state index in [1.165, 1.54) is 7.11 Å². The Morgan fingerprint density at radius 1 is 1.14 bits per heavy atom. The van der Waals surface area contributed by atoms with E-state index in [4.69, 9.17) is 0 Å². The van der Waals surface area contributed by atoms with Gasteiger partial charge in [0, 0.05) is 21.5 Å². The maximum atomic E-state index is 12.6. The molecule has 0 saturated carbocycles. The lowest BCUT2D eigenvalue weighted by Crippen LogP contribution is -2.34. The molecule has 2 heterocycles. The number of carbonyl (C=O) groups is 3. The number of aromatic nitrogens is 1. The molecule has 1 aromatic heterocycles. The van der Waals surface area contributed by atoms with Gasteiger partial charge in [0.25, 0.3) is 11.1 Å². The summed E-state index contributed by atoms with van der Waals surface area (Å²) >= 11 is 4.43. The van der Waals surface area contributed by atoms with Crippen LogP contribution in [0.5, 0.6) is 0 Å². The molecule has 6 nitrogen and oxygen atoms in total. The Morgan fingerprint density at radius 3 is 2.34 bits per heavy atom. The molecule has 0 unspecified atom stereocenters. The number of halogens is 1. The fraction of sp³-hybridized carbons (Fsp3) is 0.286. The third-order valence-corrected chi connectivity index (χ3v) is 6.98. The van der Waals surface area contributed by atoms with Crippen LogP contribution in [-0.4, -0.2) is 40.2 Å². The van der Waals surface area contributed by atoms with E-state index in [2.05, 4.69) is 37.4 Å². The molecule has 29 heavy (non-hydrogen) atoms. The Kier molecular flexibility index (Phi) is 6.05. The quantitative estimate of drug-likeness (QED) is 0.473. The molecule has 0 aliphatic carbocycles. The number of ether oxygens (including phenoxy) is 1. The van der Waals surface area contributed by atoms with Gasteiger partial charge in [-0.1, -0.05) is 15.9 Å². The molecule has 1 fully saturated rings. The topological polar surface area (TPSA) is 68.6 Å². The van der Waals surface area contributed by atoms with Gasteiger partial charge in [0.15, 0.2) is 0 Å². The number of aryl methyl sites for hydroxylation is 3. The van der Waals surface area contributed by atoms with Crippen LogP contribution in [0.15, 0.2) is 27.6 Å². The number of esters is 1. The van der Waals surface area contributed by atoms with Gasteiger partial charge in [-0.25, -0.2) is 0 Å². The Bertz CT molecular complexity index is 1050. The van der Waals surface area contributed by atoms with Crippen LogP contribution in [0, 0.1) is 27.7 Å². The Hall–Kier alpha value is -2.32. The number of rotatable bonds is 4. The monoisotopic (exact) mass is 476 g/mol. The molecule has 3 rings (SSSR count). The molecule has 2 amide bonds. The number of nitrogens with zero attached hydrogens (tertiary/aromatic N) is 2. The SMILES string of the molecule is COC(=O)CN1C(=O)S/C(=C\c2cc(C)n(-c3cc(C)c(Br)c(C)c3)c2C)C1=O. The van der Waals surface area contributed by atoms with Gasteiger partial charge in [-0.2, -0.15) is 0 Å². The van der Waals surface area contributed by atoms with Gasteiger partial charge in [-0.15, -0.1) is 0 Å². The van der Waals surface area contributed by atoms with E-state index in [0.717, 1.165) is 54.9 Å². The van der Waals surface area contributed by atoms with E-state index in [-0.39, 0.29) is 6.54 Å². The van der Waals surface area contributed by atoms with Crippen molar-refractivity contribution in [3.63, 3.8) is 0 Å². The standard InChI is InChI=1S/C21H21BrN2O4S/c1-11-6-16(7-12(2)19(11)22)24-13(3)8-15(14(24)4)9-17-20(26)23(21(27)29-17)10-18(25)28-5/h6-9H,10H2,1-5H3/b17-9-. The fourth-order valence-electron chi connectivity index (χ4n) is 3.35. The highest BCUT2D eigenvalue weighted by Gasteiger charge is 2.36. The van der Waals surface area contributed by atoms with Crippen molar-refractivity contribution in [1.82, 2.24) is 9.47 Å². The Morgan fingerprint density at radius 2 is 1.76 bits per heavy atom. The van der Waals surface area contributed by atoms with Crippen molar-refractivity contribution in [2.45, 2.75) is 27.7 Å². The highest BCUT2D eigenvalue weighted by molar-refractivity contribution is 9.10. The molecule has 0 radical (unpaired) electrons. The maximum Gasteiger partial charge on any atom is 0.325 e. The lowest BCUT2D eigenvalue weighted by molar-refractivity contribution is -0.143. The molecule has 0 bridgehead atoms. The predicted molar refractivity (Wildman–Crippen MR) is 117 cm³/mol. The molecular weight excluding hydrogens is 456 g/mol. The summed E-state index contributed by atoms with van der Waals surface area (Å²) in [5.41, 5.74) is 6.14. The first-order chi connectivity index (χ1) is 13.6. The minimum atomic E-state index is -0.632. The summed E-state index contributed by atoms with van der Waals surface area (Å²) in [7, 11) is 1.22. The lowest BCUT2D eigenvalue weighted by atomic mass is 10.1. The van der Waals surface area contributed by atoms with Crippen molar-refractivity contribution < 1.29 is 19.1 Å². The number of thioether (sulfide) groups is 1. The maximum absolute atomic E-state index is 12.6. The van der Waals surface area contributed by atoms with E-state index in [0.29, 0.717) is 4.91 Å². The zero-order valence-electron chi connectivity index (χ0n) is 16.8. The summed E-state index contributed by atoms with van der Waals surface area (Å²) in [4.78, 5) is 37.4. The van der Waals surface area contributed by atoms with Gasteiger partial charge in [-0.3, -0.25) is 19.3 Å². The van der Waals surface area contributed by atoms with Gasteiger partial charge < -0.3 is 9.30 Å².